The van der Waals surface area contributed by atoms with E-state index in [1.54, 1.807) is 24.5 Å². The van der Waals surface area contributed by atoms with Crippen LogP contribution < -0.4 is 0 Å². The van der Waals surface area contributed by atoms with Crippen molar-refractivity contribution in [2.45, 2.75) is 32.2 Å². The van der Waals surface area contributed by atoms with Gasteiger partial charge >= 0.3 is 0 Å². The maximum Gasteiger partial charge on any atom is 0.254 e. The molecule has 0 unspecified atom stereocenters. The summed E-state index contributed by atoms with van der Waals surface area (Å²) in [6.45, 7) is 2.84. The molecule has 5 heteroatoms. The van der Waals surface area contributed by atoms with Crippen LogP contribution in [0.15, 0.2) is 42.7 Å². The predicted octanol–water partition coefficient (Wildman–Crippen LogP) is 3.63. The Morgan fingerprint density at radius 1 is 1.21 bits per heavy atom. The lowest BCUT2D eigenvalue weighted by Gasteiger charge is -2.34. The number of pyridine rings is 1. The molecule has 0 bridgehead atoms. The molecule has 2 aromatic heterocycles. The van der Waals surface area contributed by atoms with Crippen molar-refractivity contribution in [2.75, 3.05) is 6.54 Å². The SMILES string of the molecule is Cc1ccc2nc([C@H]3CCCCN3C(=O)c3ccncc3)[nH]c2c1. The van der Waals surface area contributed by atoms with Gasteiger partial charge in [-0.1, -0.05) is 6.07 Å². The number of H-pyrrole nitrogens is 1. The highest BCUT2D eigenvalue weighted by molar-refractivity contribution is 5.94. The smallest absolute Gasteiger partial charge is 0.254 e. The summed E-state index contributed by atoms with van der Waals surface area (Å²) in [6.07, 6.45) is 6.41. The van der Waals surface area contributed by atoms with Crippen molar-refractivity contribution < 1.29 is 4.79 Å². The van der Waals surface area contributed by atoms with Crippen LogP contribution in [0.2, 0.25) is 0 Å². The van der Waals surface area contributed by atoms with Gasteiger partial charge in [-0.15, -0.1) is 0 Å². The summed E-state index contributed by atoms with van der Waals surface area (Å²) >= 11 is 0. The molecule has 1 atom stereocenters. The lowest BCUT2D eigenvalue weighted by Crippen LogP contribution is -2.39. The van der Waals surface area contributed by atoms with Crippen molar-refractivity contribution in [1.29, 1.82) is 0 Å². The van der Waals surface area contributed by atoms with E-state index in [0.29, 0.717) is 5.56 Å². The number of nitrogens with one attached hydrogen (secondary N) is 1. The number of carbonyl (C=O) groups excluding carboxylic acids is 1. The number of carbonyl (C=O) groups is 1. The number of aromatic nitrogens is 3. The Balaban J connectivity index is 1.69. The molecule has 0 spiro atoms. The molecule has 4 rings (SSSR count). The van der Waals surface area contributed by atoms with E-state index in [1.165, 1.54) is 5.56 Å². The van der Waals surface area contributed by atoms with E-state index >= 15 is 0 Å². The highest BCUT2D eigenvalue weighted by Crippen LogP contribution is 2.31. The van der Waals surface area contributed by atoms with Gasteiger partial charge in [-0.2, -0.15) is 0 Å². The topological polar surface area (TPSA) is 61.9 Å². The number of aromatic amines is 1. The summed E-state index contributed by atoms with van der Waals surface area (Å²) in [5.74, 6) is 0.941. The lowest BCUT2D eigenvalue weighted by molar-refractivity contribution is 0.0601. The van der Waals surface area contributed by atoms with Gasteiger partial charge < -0.3 is 9.88 Å². The quantitative estimate of drug-likeness (QED) is 0.784. The average molecular weight is 320 g/mol. The summed E-state index contributed by atoms with van der Waals surface area (Å²) < 4.78 is 0. The third-order valence-corrected chi connectivity index (χ3v) is 4.66. The highest BCUT2D eigenvalue weighted by Gasteiger charge is 2.30. The minimum Gasteiger partial charge on any atom is -0.340 e. The van der Waals surface area contributed by atoms with Crippen molar-refractivity contribution in [3.63, 3.8) is 0 Å². The van der Waals surface area contributed by atoms with Crippen LogP contribution in [-0.4, -0.2) is 32.3 Å². The fraction of sp³-hybridized carbons (Fsp3) is 0.316. The highest BCUT2D eigenvalue weighted by atomic mass is 16.2. The van der Waals surface area contributed by atoms with E-state index in [0.717, 1.165) is 42.7 Å². The molecule has 1 aromatic carbocycles. The molecule has 24 heavy (non-hydrogen) atoms. The first-order valence-corrected chi connectivity index (χ1v) is 8.39. The number of amides is 1. The van der Waals surface area contributed by atoms with Crippen LogP contribution in [0.1, 0.15) is 47.1 Å². The standard InChI is InChI=1S/C19H20N4O/c1-13-5-6-15-16(12-13)22-18(21-15)17-4-2-3-11-23(17)19(24)14-7-9-20-10-8-14/h5-10,12,17H,2-4,11H2,1H3,(H,21,22)/t17-/m1/s1. The van der Waals surface area contributed by atoms with E-state index in [9.17, 15) is 4.79 Å². The van der Waals surface area contributed by atoms with E-state index in [4.69, 9.17) is 4.98 Å². The van der Waals surface area contributed by atoms with Crippen LogP contribution in [0.4, 0.5) is 0 Å². The van der Waals surface area contributed by atoms with E-state index < -0.39 is 0 Å². The average Bonchev–Trinajstić information content (AvgIpc) is 3.05. The molecule has 1 saturated heterocycles. The second kappa shape index (κ2) is 6.07. The Labute approximate surface area is 140 Å². The van der Waals surface area contributed by atoms with Crippen molar-refractivity contribution in [3.05, 3.63) is 59.7 Å². The normalized spacial score (nSPS) is 18.0. The number of aryl methyl sites for hydroxylation is 1. The molecule has 1 aliphatic rings. The maximum absolute atomic E-state index is 12.9. The molecule has 0 saturated carbocycles. The van der Waals surface area contributed by atoms with Gasteiger partial charge in [-0.3, -0.25) is 9.78 Å². The van der Waals surface area contributed by atoms with E-state index in [1.807, 2.05) is 11.0 Å². The zero-order valence-electron chi connectivity index (χ0n) is 13.7. The Bertz CT molecular complexity index is 871. The van der Waals surface area contributed by atoms with Gasteiger partial charge in [0.2, 0.25) is 0 Å². The molecule has 1 amide bonds. The number of hydrogen-bond donors (Lipinski definition) is 1. The molecule has 0 radical (unpaired) electrons. The van der Waals surface area contributed by atoms with Crippen molar-refractivity contribution >= 4 is 16.9 Å². The number of piperidine rings is 1. The van der Waals surface area contributed by atoms with Crippen LogP contribution in [0.25, 0.3) is 11.0 Å². The van der Waals surface area contributed by atoms with Gasteiger partial charge in [0.05, 0.1) is 17.1 Å². The monoisotopic (exact) mass is 320 g/mol. The Morgan fingerprint density at radius 2 is 2.04 bits per heavy atom. The first-order chi connectivity index (χ1) is 11.7. The lowest BCUT2D eigenvalue weighted by atomic mass is 10.0. The van der Waals surface area contributed by atoms with Crippen molar-refractivity contribution in [2.24, 2.45) is 0 Å². The van der Waals surface area contributed by atoms with E-state index in [2.05, 4.69) is 29.0 Å². The van der Waals surface area contributed by atoms with Gasteiger partial charge in [0.25, 0.3) is 5.91 Å². The minimum atomic E-state index is 0.00659. The van der Waals surface area contributed by atoms with Gasteiger partial charge in [0, 0.05) is 24.5 Å². The van der Waals surface area contributed by atoms with Gasteiger partial charge in [0.1, 0.15) is 5.82 Å². The summed E-state index contributed by atoms with van der Waals surface area (Å²) in [7, 11) is 0. The van der Waals surface area contributed by atoms with Crippen LogP contribution in [0.3, 0.4) is 0 Å². The molecule has 122 valence electrons. The molecule has 3 heterocycles. The molecule has 5 nitrogen and oxygen atoms in total. The number of imidazole rings is 1. The minimum absolute atomic E-state index is 0.00659. The first-order valence-electron chi connectivity index (χ1n) is 8.39. The maximum atomic E-state index is 12.9. The molecular weight excluding hydrogens is 300 g/mol. The largest absolute Gasteiger partial charge is 0.340 e. The number of benzene rings is 1. The fourth-order valence-corrected chi connectivity index (χ4v) is 3.42. The van der Waals surface area contributed by atoms with Crippen molar-refractivity contribution in [3.8, 4) is 0 Å². The third kappa shape index (κ3) is 2.66. The summed E-state index contributed by atoms with van der Waals surface area (Å²) in [6, 6.07) is 9.75. The van der Waals surface area contributed by atoms with Crippen molar-refractivity contribution in [1.82, 2.24) is 19.9 Å². The summed E-state index contributed by atoms with van der Waals surface area (Å²) in [4.78, 5) is 27.0. The van der Waals surface area contributed by atoms with Crippen LogP contribution >= 0.6 is 0 Å². The van der Waals surface area contributed by atoms with Crippen LogP contribution in [0, 0.1) is 6.92 Å². The molecule has 1 aliphatic heterocycles. The molecular formula is C19H20N4O. The van der Waals surface area contributed by atoms with Gasteiger partial charge in [-0.05, 0) is 56.0 Å². The molecule has 0 aliphatic carbocycles. The number of fused-ring (bicyclic) bond motifs is 1. The fourth-order valence-electron chi connectivity index (χ4n) is 3.42. The van der Waals surface area contributed by atoms with Crippen LogP contribution in [0.5, 0.6) is 0 Å². The zero-order valence-corrected chi connectivity index (χ0v) is 13.7. The zero-order chi connectivity index (χ0) is 16.5. The summed E-state index contributed by atoms with van der Waals surface area (Å²) in [5.41, 5.74) is 3.87. The van der Waals surface area contributed by atoms with Gasteiger partial charge in [-0.25, -0.2) is 4.98 Å². The number of hydrogen-bond acceptors (Lipinski definition) is 3. The van der Waals surface area contributed by atoms with E-state index in [-0.39, 0.29) is 11.9 Å². The first kappa shape index (κ1) is 14.9. The predicted molar refractivity (Wildman–Crippen MR) is 92.7 cm³/mol. The molecule has 1 fully saturated rings. The second-order valence-electron chi connectivity index (χ2n) is 6.39. The third-order valence-electron chi connectivity index (χ3n) is 4.66. The molecule has 3 aromatic rings. The molecule has 1 N–H and O–H groups in total. The summed E-state index contributed by atoms with van der Waals surface area (Å²) in [5, 5.41) is 0. The Hall–Kier alpha value is -2.69. The second-order valence-corrected chi connectivity index (χ2v) is 6.39. The number of rotatable bonds is 2. The van der Waals surface area contributed by atoms with Gasteiger partial charge in [0.15, 0.2) is 0 Å². The Kier molecular flexibility index (Phi) is 3.76. The number of likely N-dealkylation sites (tertiary alicyclic amines) is 1. The van der Waals surface area contributed by atoms with Crippen LogP contribution in [-0.2, 0) is 0 Å². The Morgan fingerprint density at radius 3 is 2.88 bits per heavy atom. The number of nitrogens with zero attached hydrogens (tertiary/aromatic N) is 3.